The van der Waals surface area contributed by atoms with Crippen LogP contribution >= 0.6 is 0 Å². The largest absolute Gasteiger partial charge is 0.349 e. The highest BCUT2D eigenvalue weighted by Crippen LogP contribution is 2.33. The first-order chi connectivity index (χ1) is 11.3. The number of rotatable bonds is 4. The molecule has 0 spiro atoms. The maximum absolute atomic E-state index is 12.1. The molecule has 0 radical (unpaired) electrons. The summed E-state index contributed by atoms with van der Waals surface area (Å²) in [5, 5.41) is 3.19. The van der Waals surface area contributed by atoms with E-state index in [1.165, 1.54) is 12.8 Å². The molecule has 1 fully saturated rings. The Morgan fingerprint density at radius 1 is 1.17 bits per heavy atom. The molecule has 1 saturated carbocycles. The predicted octanol–water partition coefficient (Wildman–Crippen LogP) is 3.44. The molecule has 0 saturated heterocycles. The van der Waals surface area contributed by atoms with Gasteiger partial charge in [0.05, 0.1) is 6.04 Å². The number of carbonyl (C=O) groups excluding carboxylic acids is 1. The fourth-order valence-electron chi connectivity index (χ4n) is 3.26. The summed E-state index contributed by atoms with van der Waals surface area (Å²) >= 11 is 0. The first kappa shape index (κ1) is 14.4. The molecule has 1 atom stereocenters. The highest BCUT2D eigenvalue weighted by Gasteiger charge is 2.28. The zero-order valence-corrected chi connectivity index (χ0v) is 13.2. The Bertz CT molecular complexity index is 710. The number of nitrogens with zero attached hydrogens (tertiary/aromatic N) is 2. The molecule has 0 bridgehead atoms. The van der Waals surface area contributed by atoms with Crippen LogP contribution in [0.1, 0.15) is 49.4 Å². The molecular weight excluding hydrogens is 286 g/mol. The summed E-state index contributed by atoms with van der Waals surface area (Å²) in [5.41, 5.74) is 3.22. The van der Waals surface area contributed by atoms with Crippen LogP contribution in [-0.4, -0.2) is 15.9 Å². The summed E-state index contributed by atoms with van der Waals surface area (Å²) < 4.78 is 0. The van der Waals surface area contributed by atoms with E-state index in [9.17, 15) is 4.79 Å². The molecule has 4 nitrogen and oxygen atoms in total. The monoisotopic (exact) mass is 307 g/mol. The third-order valence-corrected chi connectivity index (χ3v) is 4.72. The Kier molecular flexibility index (Phi) is 3.82. The highest BCUT2D eigenvalue weighted by molar-refractivity contribution is 5.77. The van der Waals surface area contributed by atoms with Crippen molar-refractivity contribution in [2.75, 3.05) is 0 Å². The normalized spacial score (nSPS) is 19.9. The zero-order chi connectivity index (χ0) is 15.6. The lowest BCUT2D eigenvalue weighted by Gasteiger charge is -2.25. The highest BCUT2D eigenvalue weighted by atomic mass is 16.1. The van der Waals surface area contributed by atoms with Crippen molar-refractivity contribution < 1.29 is 4.79 Å². The molecule has 2 aliphatic carbocycles. The first-order valence-corrected chi connectivity index (χ1v) is 8.50. The van der Waals surface area contributed by atoms with E-state index >= 15 is 0 Å². The van der Waals surface area contributed by atoms with Crippen molar-refractivity contribution in [2.45, 2.75) is 44.6 Å². The van der Waals surface area contributed by atoms with E-state index in [0.717, 1.165) is 41.9 Å². The van der Waals surface area contributed by atoms with Gasteiger partial charge in [-0.2, -0.15) is 0 Å². The lowest BCUT2D eigenvalue weighted by molar-refractivity contribution is -0.122. The number of carbonyl (C=O) groups is 1. The van der Waals surface area contributed by atoms with E-state index in [2.05, 4.69) is 10.3 Å². The molecular formula is C19H21N3O. The summed E-state index contributed by atoms with van der Waals surface area (Å²) in [6.45, 7) is 0. The lowest BCUT2D eigenvalue weighted by atomic mass is 9.92. The molecule has 23 heavy (non-hydrogen) atoms. The molecule has 0 aliphatic heterocycles. The van der Waals surface area contributed by atoms with Crippen LogP contribution in [0, 0.1) is 5.92 Å². The number of hydrogen-bond acceptors (Lipinski definition) is 3. The Morgan fingerprint density at radius 2 is 2.00 bits per heavy atom. The summed E-state index contributed by atoms with van der Waals surface area (Å²) in [7, 11) is 0. The second-order valence-corrected chi connectivity index (χ2v) is 6.62. The molecule has 1 amide bonds. The third-order valence-electron chi connectivity index (χ3n) is 4.72. The van der Waals surface area contributed by atoms with E-state index < -0.39 is 0 Å². The molecule has 0 unspecified atom stereocenters. The number of benzene rings is 1. The average Bonchev–Trinajstić information content (AvgIpc) is 3.39. The van der Waals surface area contributed by atoms with Crippen LogP contribution in [0.15, 0.2) is 36.5 Å². The van der Waals surface area contributed by atoms with Gasteiger partial charge >= 0.3 is 0 Å². The van der Waals surface area contributed by atoms with Crippen LogP contribution in [-0.2, 0) is 11.2 Å². The molecule has 1 heterocycles. The van der Waals surface area contributed by atoms with Gasteiger partial charge in [0.2, 0.25) is 5.91 Å². The van der Waals surface area contributed by atoms with Gasteiger partial charge in [-0.05, 0) is 38.0 Å². The van der Waals surface area contributed by atoms with Crippen molar-refractivity contribution in [2.24, 2.45) is 5.92 Å². The Morgan fingerprint density at radius 3 is 2.78 bits per heavy atom. The third kappa shape index (κ3) is 3.26. The number of fused-ring (bicyclic) bond motifs is 1. The van der Waals surface area contributed by atoms with Gasteiger partial charge in [0.25, 0.3) is 0 Å². The van der Waals surface area contributed by atoms with E-state index in [1.807, 2.05) is 36.5 Å². The minimum atomic E-state index is 0.0785. The number of nitrogens with one attached hydrogen (secondary N) is 1. The van der Waals surface area contributed by atoms with Crippen LogP contribution in [0.3, 0.4) is 0 Å². The fraction of sp³-hybridized carbons (Fsp3) is 0.421. The molecule has 4 heteroatoms. The van der Waals surface area contributed by atoms with Gasteiger partial charge in [-0.25, -0.2) is 9.97 Å². The number of hydrogen-bond donors (Lipinski definition) is 1. The molecule has 1 aromatic carbocycles. The molecule has 4 rings (SSSR count). The Balaban J connectivity index is 1.55. The van der Waals surface area contributed by atoms with Gasteiger partial charge in [-0.15, -0.1) is 0 Å². The second kappa shape index (κ2) is 6.11. The second-order valence-electron chi connectivity index (χ2n) is 6.62. The van der Waals surface area contributed by atoms with Gasteiger partial charge < -0.3 is 5.32 Å². The van der Waals surface area contributed by atoms with Crippen molar-refractivity contribution in [1.82, 2.24) is 15.3 Å². The molecule has 1 aromatic heterocycles. The van der Waals surface area contributed by atoms with E-state index in [4.69, 9.17) is 4.98 Å². The van der Waals surface area contributed by atoms with Crippen LogP contribution in [0.4, 0.5) is 0 Å². The topological polar surface area (TPSA) is 54.9 Å². The first-order valence-electron chi connectivity index (χ1n) is 8.50. The van der Waals surface area contributed by atoms with Gasteiger partial charge in [-0.3, -0.25) is 4.79 Å². The van der Waals surface area contributed by atoms with E-state index in [-0.39, 0.29) is 11.9 Å². The van der Waals surface area contributed by atoms with E-state index in [0.29, 0.717) is 12.3 Å². The standard InChI is InChI=1S/C19H21N3O/c23-18(11-13-9-10-13)21-16-7-4-8-17-15(16)12-20-19(22-17)14-5-2-1-3-6-14/h1-3,5-6,12-13,16H,4,7-11H2,(H,21,23)/t16-/m0/s1. The SMILES string of the molecule is O=C(CC1CC1)N[C@H]1CCCc2nc(-c3ccccc3)ncc21. The summed E-state index contributed by atoms with van der Waals surface area (Å²) in [5.74, 6) is 1.57. The minimum absolute atomic E-state index is 0.0785. The fourth-order valence-corrected chi connectivity index (χ4v) is 3.26. The minimum Gasteiger partial charge on any atom is -0.349 e. The summed E-state index contributed by atoms with van der Waals surface area (Å²) in [4.78, 5) is 21.4. The zero-order valence-electron chi connectivity index (χ0n) is 13.2. The number of aromatic nitrogens is 2. The van der Waals surface area contributed by atoms with Gasteiger partial charge in [0.1, 0.15) is 0 Å². The van der Waals surface area contributed by atoms with Crippen LogP contribution < -0.4 is 5.32 Å². The van der Waals surface area contributed by atoms with Gasteiger partial charge in [0.15, 0.2) is 5.82 Å². The van der Waals surface area contributed by atoms with Crippen LogP contribution in [0.5, 0.6) is 0 Å². The molecule has 2 aliphatic rings. The Hall–Kier alpha value is -2.23. The van der Waals surface area contributed by atoms with Crippen molar-refractivity contribution >= 4 is 5.91 Å². The van der Waals surface area contributed by atoms with Crippen molar-refractivity contribution in [3.05, 3.63) is 47.8 Å². The van der Waals surface area contributed by atoms with Crippen LogP contribution in [0.25, 0.3) is 11.4 Å². The molecule has 2 aromatic rings. The van der Waals surface area contributed by atoms with Crippen molar-refractivity contribution in [1.29, 1.82) is 0 Å². The Labute approximate surface area is 136 Å². The predicted molar refractivity (Wildman–Crippen MR) is 88.6 cm³/mol. The van der Waals surface area contributed by atoms with Gasteiger partial charge in [0, 0.05) is 29.4 Å². The van der Waals surface area contributed by atoms with Crippen molar-refractivity contribution in [3.8, 4) is 11.4 Å². The quantitative estimate of drug-likeness (QED) is 0.941. The maximum Gasteiger partial charge on any atom is 0.220 e. The maximum atomic E-state index is 12.1. The van der Waals surface area contributed by atoms with Crippen molar-refractivity contribution in [3.63, 3.8) is 0 Å². The summed E-state index contributed by atoms with van der Waals surface area (Å²) in [6, 6.07) is 10.1. The lowest BCUT2D eigenvalue weighted by Crippen LogP contribution is -2.31. The van der Waals surface area contributed by atoms with E-state index in [1.54, 1.807) is 0 Å². The average molecular weight is 307 g/mol. The molecule has 1 N–H and O–H groups in total. The van der Waals surface area contributed by atoms with Crippen LogP contribution in [0.2, 0.25) is 0 Å². The number of aryl methyl sites for hydroxylation is 1. The molecule has 118 valence electrons. The van der Waals surface area contributed by atoms with Gasteiger partial charge in [-0.1, -0.05) is 30.3 Å². The summed E-state index contributed by atoms with van der Waals surface area (Å²) in [6.07, 6.45) is 8.01. The number of amides is 1. The smallest absolute Gasteiger partial charge is 0.220 e.